The van der Waals surface area contributed by atoms with Gasteiger partial charge in [0.1, 0.15) is 0 Å². The molecule has 1 rings (SSSR count). The number of morpholine rings is 1. The Bertz CT molecular complexity index is 204. The van der Waals surface area contributed by atoms with E-state index in [1.54, 1.807) is 0 Å². The summed E-state index contributed by atoms with van der Waals surface area (Å²) >= 11 is 0. The Morgan fingerprint density at radius 3 is 2.65 bits per heavy atom. The second kappa shape index (κ2) is 9.42. The van der Waals surface area contributed by atoms with Gasteiger partial charge >= 0.3 is 0 Å². The van der Waals surface area contributed by atoms with Gasteiger partial charge in [-0.05, 0) is 13.0 Å². The van der Waals surface area contributed by atoms with Crippen LogP contribution in [0, 0.1) is 0 Å². The van der Waals surface area contributed by atoms with Crippen molar-refractivity contribution in [3.8, 4) is 0 Å². The molecule has 1 N–H and O–H groups in total. The van der Waals surface area contributed by atoms with E-state index in [2.05, 4.69) is 12.2 Å². The normalized spacial score (nSPS) is 16.2. The molecule has 0 saturated carbocycles. The maximum atomic E-state index is 11.8. The minimum atomic E-state index is 0.259. The smallest absolute Gasteiger partial charge is 0.224 e. The predicted molar refractivity (Wildman–Crippen MR) is 69.0 cm³/mol. The molecule has 0 aliphatic carbocycles. The summed E-state index contributed by atoms with van der Waals surface area (Å²) in [5.74, 6) is 0.259. The fourth-order valence-corrected chi connectivity index (χ4v) is 1.97. The van der Waals surface area contributed by atoms with Crippen LogP contribution in [0.15, 0.2) is 0 Å². The van der Waals surface area contributed by atoms with Crippen molar-refractivity contribution in [1.82, 2.24) is 10.2 Å². The highest BCUT2D eigenvalue weighted by Crippen LogP contribution is 2.00. The van der Waals surface area contributed by atoms with E-state index in [4.69, 9.17) is 4.74 Å². The average molecular weight is 242 g/mol. The molecule has 1 amide bonds. The van der Waals surface area contributed by atoms with Gasteiger partial charge in [0.25, 0.3) is 0 Å². The molecule has 0 atom stereocenters. The van der Waals surface area contributed by atoms with E-state index in [-0.39, 0.29) is 5.91 Å². The quantitative estimate of drug-likeness (QED) is 0.654. The van der Waals surface area contributed by atoms with Gasteiger partial charge in [0.2, 0.25) is 5.91 Å². The minimum Gasteiger partial charge on any atom is -0.378 e. The standard InChI is InChI=1S/C13H26N2O2/c1-2-3-4-5-7-14-8-6-13(16)15-9-11-17-12-10-15/h14H,2-12H2,1H3. The third kappa shape index (κ3) is 6.64. The summed E-state index contributed by atoms with van der Waals surface area (Å²) in [7, 11) is 0. The highest BCUT2D eigenvalue weighted by Gasteiger charge is 2.15. The first-order valence-corrected chi connectivity index (χ1v) is 6.91. The largest absolute Gasteiger partial charge is 0.378 e. The third-order valence-corrected chi connectivity index (χ3v) is 3.09. The summed E-state index contributed by atoms with van der Waals surface area (Å²) < 4.78 is 5.22. The molecule has 4 nitrogen and oxygen atoms in total. The zero-order chi connectivity index (χ0) is 12.3. The van der Waals surface area contributed by atoms with Crippen LogP contribution in [0.3, 0.4) is 0 Å². The molecule has 0 unspecified atom stereocenters. The molecule has 0 radical (unpaired) electrons. The first-order valence-electron chi connectivity index (χ1n) is 6.91. The Labute approximate surface area is 105 Å². The highest BCUT2D eigenvalue weighted by molar-refractivity contribution is 5.76. The van der Waals surface area contributed by atoms with E-state index < -0.39 is 0 Å². The lowest BCUT2D eigenvalue weighted by molar-refractivity contribution is -0.135. The first-order chi connectivity index (χ1) is 8.34. The van der Waals surface area contributed by atoms with E-state index in [1.165, 1.54) is 25.7 Å². The number of carbonyl (C=O) groups excluding carboxylic acids is 1. The Balaban J connectivity index is 1.92. The van der Waals surface area contributed by atoms with Gasteiger partial charge in [-0.25, -0.2) is 0 Å². The van der Waals surface area contributed by atoms with Crippen molar-refractivity contribution in [1.29, 1.82) is 0 Å². The number of unbranched alkanes of at least 4 members (excludes halogenated alkanes) is 3. The monoisotopic (exact) mass is 242 g/mol. The van der Waals surface area contributed by atoms with E-state index in [0.29, 0.717) is 19.6 Å². The predicted octanol–water partition coefficient (Wildman–Crippen LogP) is 1.41. The van der Waals surface area contributed by atoms with Crippen molar-refractivity contribution < 1.29 is 9.53 Å². The molecule has 1 aliphatic rings. The number of carbonyl (C=O) groups is 1. The summed E-state index contributed by atoms with van der Waals surface area (Å²) in [6, 6.07) is 0. The van der Waals surface area contributed by atoms with Crippen LogP contribution in [0.2, 0.25) is 0 Å². The third-order valence-electron chi connectivity index (χ3n) is 3.09. The molecule has 100 valence electrons. The van der Waals surface area contributed by atoms with Gasteiger partial charge in [0.05, 0.1) is 13.2 Å². The second-order valence-electron chi connectivity index (χ2n) is 4.55. The molecule has 1 saturated heterocycles. The fourth-order valence-electron chi connectivity index (χ4n) is 1.97. The van der Waals surface area contributed by atoms with Gasteiger partial charge in [0, 0.05) is 26.1 Å². The molecule has 1 fully saturated rings. The fraction of sp³-hybridized carbons (Fsp3) is 0.923. The van der Waals surface area contributed by atoms with Crippen LogP contribution in [0.4, 0.5) is 0 Å². The molecule has 4 heteroatoms. The lowest BCUT2D eigenvalue weighted by Gasteiger charge is -2.26. The van der Waals surface area contributed by atoms with Gasteiger partial charge in [-0.2, -0.15) is 0 Å². The lowest BCUT2D eigenvalue weighted by atomic mass is 10.2. The maximum Gasteiger partial charge on any atom is 0.224 e. The number of ether oxygens (including phenoxy) is 1. The Hall–Kier alpha value is -0.610. The van der Waals surface area contributed by atoms with E-state index in [9.17, 15) is 4.79 Å². The van der Waals surface area contributed by atoms with Crippen molar-refractivity contribution in [2.75, 3.05) is 39.4 Å². The summed E-state index contributed by atoms with van der Waals surface area (Å²) in [5, 5.41) is 3.34. The van der Waals surface area contributed by atoms with Crippen LogP contribution < -0.4 is 5.32 Å². The van der Waals surface area contributed by atoms with Gasteiger partial charge < -0.3 is 15.0 Å². The summed E-state index contributed by atoms with van der Waals surface area (Å²) in [4.78, 5) is 13.7. The summed E-state index contributed by atoms with van der Waals surface area (Å²) in [6.45, 7) is 6.96. The minimum absolute atomic E-state index is 0.259. The molecular formula is C13H26N2O2. The molecule has 0 aromatic carbocycles. The molecule has 0 spiro atoms. The van der Waals surface area contributed by atoms with Crippen LogP contribution in [-0.4, -0.2) is 50.2 Å². The molecule has 0 bridgehead atoms. The molecule has 1 heterocycles. The van der Waals surface area contributed by atoms with Crippen LogP contribution in [0.25, 0.3) is 0 Å². The van der Waals surface area contributed by atoms with Crippen LogP contribution in [-0.2, 0) is 9.53 Å². The first kappa shape index (κ1) is 14.5. The van der Waals surface area contributed by atoms with E-state index >= 15 is 0 Å². The lowest BCUT2D eigenvalue weighted by Crippen LogP contribution is -2.41. The van der Waals surface area contributed by atoms with Crippen molar-refractivity contribution >= 4 is 5.91 Å². The number of amides is 1. The van der Waals surface area contributed by atoms with Crippen molar-refractivity contribution in [2.24, 2.45) is 0 Å². The van der Waals surface area contributed by atoms with E-state index in [1.807, 2.05) is 4.90 Å². The Morgan fingerprint density at radius 1 is 1.18 bits per heavy atom. The van der Waals surface area contributed by atoms with Crippen molar-refractivity contribution in [2.45, 2.75) is 39.0 Å². The number of nitrogens with zero attached hydrogens (tertiary/aromatic N) is 1. The van der Waals surface area contributed by atoms with Gasteiger partial charge in [-0.15, -0.1) is 0 Å². The molecule has 17 heavy (non-hydrogen) atoms. The number of nitrogens with one attached hydrogen (secondary N) is 1. The molecule has 0 aromatic rings. The van der Waals surface area contributed by atoms with Gasteiger partial charge in [-0.3, -0.25) is 4.79 Å². The second-order valence-corrected chi connectivity index (χ2v) is 4.55. The van der Waals surface area contributed by atoms with Crippen molar-refractivity contribution in [3.63, 3.8) is 0 Å². The summed E-state index contributed by atoms with van der Waals surface area (Å²) in [5.41, 5.74) is 0. The van der Waals surface area contributed by atoms with Gasteiger partial charge in [0.15, 0.2) is 0 Å². The molecule has 1 aliphatic heterocycles. The van der Waals surface area contributed by atoms with Gasteiger partial charge in [-0.1, -0.05) is 26.2 Å². The van der Waals surface area contributed by atoms with E-state index in [0.717, 1.165) is 26.2 Å². The average Bonchev–Trinajstić information content (AvgIpc) is 2.38. The van der Waals surface area contributed by atoms with Crippen LogP contribution in [0.1, 0.15) is 39.0 Å². The topological polar surface area (TPSA) is 41.6 Å². The maximum absolute atomic E-state index is 11.8. The van der Waals surface area contributed by atoms with Crippen molar-refractivity contribution in [3.05, 3.63) is 0 Å². The van der Waals surface area contributed by atoms with Crippen LogP contribution >= 0.6 is 0 Å². The zero-order valence-corrected chi connectivity index (χ0v) is 11.0. The zero-order valence-electron chi connectivity index (χ0n) is 11.0. The molecule has 0 aromatic heterocycles. The number of rotatable bonds is 8. The Kier molecular flexibility index (Phi) is 8.01. The number of hydrogen-bond donors (Lipinski definition) is 1. The number of hydrogen-bond acceptors (Lipinski definition) is 3. The molecular weight excluding hydrogens is 216 g/mol. The highest BCUT2D eigenvalue weighted by atomic mass is 16.5. The summed E-state index contributed by atoms with van der Waals surface area (Å²) in [6.07, 6.45) is 5.72. The SMILES string of the molecule is CCCCCCNCCC(=O)N1CCOCC1. The van der Waals surface area contributed by atoms with Crippen LogP contribution in [0.5, 0.6) is 0 Å². The Morgan fingerprint density at radius 2 is 1.94 bits per heavy atom.